The van der Waals surface area contributed by atoms with E-state index in [-0.39, 0.29) is 24.4 Å². The lowest BCUT2D eigenvalue weighted by Crippen LogP contribution is -2.27. The molecule has 1 heterocycles. The number of nitrogens with one attached hydrogen (secondary N) is 1. The Labute approximate surface area is 162 Å². The molecule has 1 aromatic heterocycles. The minimum atomic E-state index is -0.147. The van der Waals surface area contributed by atoms with Gasteiger partial charge in [0, 0.05) is 19.5 Å². The fourth-order valence-electron chi connectivity index (χ4n) is 3.00. The van der Waals surface area contributed by atoms with Crippen LogP contribution in [0.2, 0.25) is 0 Å². The molecule has 0 radical (unpaired) electrons. The first-order valence-electron chi connectivity index (χ1n) is 8.96. The van der Waals surface area contributed by atoms with E-state index in [1.807, 2.05) is 31.2 Å². The van der Waals surface area contributed by atoms with E-state index in [9.17, 15) is 9.59 Å². The molecule has 0 bridgehead atoms. The zero-order valence-electron chi connectivity index (χ0n) is 16.2. The number of nitrogens with zero attached hydrogens (tertiary/aromatic N) is 2. The number of carbonyl (C=O) groups is 1. The van der Waals surface area contributed by atoms with E-state index in [0.717, 1.165) is 11.1 Å². The molecule has 0 aliphatic heterocycles. The van der Waals surface area contributed by atoms with Gasteiger partial charge >= 0.3 is 0 Å². The first kappa shape index (κ1) is 19.4. The number of rotatable bonds is 7. The van der Waals surface area contributed by atoms with E-state index in [2.05, 4.69) is 10.3 Å². The normalized spacial score (nSPS) is 10.7. The summed E-state index contributed by atoms with van der Waals surface area (Å²) in [4.78, 5) is 29.1. The quantitative estimate of drug-likeness (QED) is 0.680. The molecular formula is C21H23N3O4. The van der Waals surface area contributed by atoms with Gasteiger partial charge in [-0.1, -0.05) is 18.2 Å². The van der Waals surface area contributed by atoms with Gasteiger partial charge in [-0.2, -0.15) is 0 Å². The summed E-state index contributed by atoms with van der Waals surface area (Å²) in [5.41, 5.74) is 2.41. The number of benzene rings is 2. The zero-order valence-corrected chi connectivity index (χ0v) is 16.2. The van der Waals surface area contributed by atoms with Gasteiger partial charge in [0.15, 0.2) is 11.5 Å². The number of carbonyl (C=O) groups excluding carboxylic acids is 1. The summed E-state index contributed by atoms with van der Waals surface area (Å²) < 4.78 is 11.9. The van der Waals surface area contributed by atoms with Crippen LogP contribution >= 0.6 is 0 Å². The third-order valence-corrected chi connectivity index (χ3v) is 4.57. The lowest BCUT2D eigenvalue weighted by molar-refractivity contribution is -0.121. The molecule has 2 aromatic carbocycles. The first-order valence-corrected chi connectivity index (χ1v) is 8.96. The summed E-state index contributed by atoms with van der Waals surface area (Å²) >= 11 is 0. The van der Waals surface area contributed by atoms with Gasteiger partial charge in [-0.3, -0.25) is 14.2 Å². The molecule has 0 fully saturated rings. The van der Waals surface area contributed by atoms with E-state index in [1.165, 1.54) is 10.9 Å². The van der Waals surface area contributed by atoms with Crippen molar-refractivity contribution in [2.45, 2.75) is 26.4 Å². The Morgan fingerprint density at radius 2 is 1.93 bits per heavy atom. The molecule has 7 heteroatoms. The molecule has 0 saturated carbocycles. The number of methoxy groups -OCH3 is 2. The van der Waals surface area contributed by atoms with Crippen LogP contribution in [0.15, 0.2) is 47.5 Å². The topological polar surface area (TPSA) is 82.5 Å². The number of hydrogen-bond donors (Lipinski definition) is 1. The molecule has 1 amide bonds. The first-order chi connectivity index (χ1) is 13.5. The molecule has 0 spiro atoms. The molecule has 0 saturated heterocycles. The van der Waals surface area contributed by atoms with Gasteiger partial charge < -0.3 is 14.8 Å². The highest BCUT2D eigenvalue weighted by Crippen LogP contribution is 2.27. The molecule has 3 rings (SSSR count). The van der Waals surface area contributed by atoms with Crippen molar-refractivity contribution in [3.05, 3.63) is 64.2 Å². The minimum Gasteiger partial charge on any atom is -0.493 e. The van der Waals surface area contributed by atoms with Crippen LogP contribution in [-0.2, 0) is 17.9 Å². The minimum absolute atomic E-state index is 0.138. The number of amides is 1. The maximum atomic E-state index is 12.6. The number of hydrogen-bond acceptors (Lipinski definition) is 5. The van der Waals surface area contributed by atoms with Gasteiger partial charge in [0.1, 0.15) is 0 Å². The SMILES string of the molecule is COc1ccc(CNC(=O)CCn2cnc3c(C)cccc3c2=O)cc1OC. The fraction of sp³-hybridized carbons (Fsp3) is 0.286. The average Bonchev–Trinajstić information content (AvgIpc) is 2.72. The number of fused-ring (bicyclic) bond motifs is 1. The predicted molar refractivity (Wildman–Crippen MR) is 107 cm³/mol. The molecule has 146 valence electrons. The molecular weight excluding hydrogens is 358 g/mol. The molecule has 3 aromatic rings. The van der Waals surface area contributed by atoms with Crippen LogP contribution in [0.5, 0.6) is 11.5 Å². The van der Waals surface area contributed by atoms with Crippen LogP contribution in [0.4, 0.5) is 0 Å². The fourth-order valence-corrected chi connectivity index (χ4v) is 3.00. The molecule has 1 N–H and O–H groups in total. The Balaban J connectivity index is 1.61. The number of para-hydroxylation sites is 1. The van der Waals surface area contributed by atoms with Crippen LogP contribution < -0.4 is 20.3 Å². The summed E-state index contributed by atoms with van der Waals surface area (Å²) in [7, 11) is 3.14. The van der Waals surface area contributed by atoms with Gasteiger partial charge in [0.05, 0.1) is 31.4 Å². The number of ether oxygens (including phenoxy) is 2. The highest BCUT2D eigenvalue weighted by Gasteiger charge is 2.09. The summed E-state index contributed by atoms with van der Waals surface area (Å²) in [5, 5.41) is 3.42. The van der Waals surface area contributed by atoms with Crippen LogP contribution in [0.1, 0.15) is 17.5 Å². The van der Waals surface area contributed by atoms with E-state index in [1.54, 1.807) is 26.4 Å². The third kappa shape index (κ3) is 4.14. The maximum absolute atomic E-state index is 12.6. The second kappa shape index (κ2) is 8.56. The third-order valence-electron chi connectivity index (χ3n) is 4.57. The Hall–Kier alpha value is -3.35. The smallest absolute Gasteiger partial charge is 0.261 e. The zero-order chi connectivity index (χ0) is 20.1. The van der Waals surface area contributed by atoms with Gasteiger partial charge in [0.25, 0.3) is 5.56 Å². The van der Waals surface area contributed by atoms with Crippen molar-refractivity contribution in [2.24, 2.45) is 0 Å². The van der Waals surface area contributed by atoms with Crippen LogP contribution in [0.3, 0.4) is 0 Å². The summed E-state index contributed by atoms with van der Waals surface area (Å²) in [6.45, 7) is 2.55. The van der Waals surface area contributed by atoms with Crippen molar-refractivity contribution in [2.75, 3.05) is 14.2 Å². The second-order valence-electron chi connectivity index (χ2n) is 6.43. The lowest BCUT2D eigenvalue weighted by Gasteiger charge is -2.11. The van der Waals surface area contributed by atoms with Crippen molar-refractivity contribution >= 4 is 16.8 Å². The Morgan fingerprint density at radius 3 is 2.68 bits per heavy atom. The summed E-state index contributed by atoms with van der Waals surface area (Å²) in [6.07, 6.45) is 1.69. The highest BCUT2D eigenvalue weighted by atomic mass is 16.5. The molecule has 7 nitrogen and oxygen atoms in total. The molecule has 28 heavy (non-hydrogen) atoms. The second-order valence-corrected chi connectivity index (χ2v) is 6.43. The summed E-state index contributed by atoms with van der Waals surface area (Å²) in [6, 6.07) is 11.0. The van der Waals surface area contributed by atoms with Gasteiger partial charge in [-0.25, -0.2) is 4.98 Å². The van der Waals surface area contributed by atoms with Crippen molar-refractivity contribution in [3.63, 3.8) is 0 Å². The average molecular weight is 381 g/mol. The lowest BCUT2D eigenvalue weighted by atomic mass is 10.1. The molecule has 0 aliphatic rings. The molecule has 0 atom stereocenters. The van der Waals surface area contributed by atoms with E-state index >= 15 is 0 Å². The Bertz CT molecular complexity index is 1060. The van der Waals surface area contributed by atoms with Crippen molar-refractivity contribution < 1.29 is 14.3 Å². The van der Waals surface area contributed by atoms with E-state index in [0.29, 0.717) is 28.9 Å². The largest absolute Gasteiger partial charge is 0.493 e. The van der Waals surface area contributed by atoms with Gasteiger partial charge in [-0.05, 0) is 36.2 Å². The maximum Gasteiger partial charge on any atom is 0.261 e. The van der Waals surface area contributed by atoms with Crippen LogP contribution in [-0.4, -0.2) is 29.7 Å². The van der Waals surface area contributed by atoms with Crippen LogP contribution in [0, 0.1) is 6.92 Å². The van der Waals surface area contributed by atoms with E-state index in [4.69, 9.17) is 9.47 Å². The summed E-state index contributed by atoms with van der Waals surface area (Å²) in [5.74, 6) is 1.10. The number of aromatic nitrogens is 2. The monoisotopic (exact) mass is 381 g/mol. The Morgan fingerprint density at radius 1 is 1.14 bits per heavy atom. The molecule has 0 unspecified atom stereocenters. The predicted octanol–water partition coefficient (Wildman–Crippen LogP) is 2.43. The van der Waals surface area contributed by atoms with Gasteiger partial charge in [0.2, 0.25) is 5.91 Å². The van der Waals surface area contributed by atoms with Crippen molar-refractivity contribution in [1.29, 1.82) is 0 Å². The van der Waals surface area contributed by atoms with Crippen molar-refractivity contribution in [1.82, 2.24) is 14.9 Å². The molecule has 0 aliphatic carbocycles. The Kier molecular flexibility index (Phi) is 5.93. The van der Waals surface area contributed by atoms with E-state index < -0.39 is 0 Å². The van der Waals surface area contributed by atoms with Gasteiger partial charge in [-0.15, -0.1) is 0 Å². The van der Waals surface area contributed by atoms with Crippen LogP contribution in [0.25, 0.3) is 10.9 Å². The highest BCUT2D eigenvalue weighted by molar-refractivity contribution is 5.80. The standard InChI is InChI=1S/C21H23N3O4/c1-14-5-4-6-16-20(14)23-13-24(21(16)26)10-9-19(25)22-12-15-7-8-17(27-2)18(11-15)28-3/h4-8,11,13H,9-10,12H2,1-3H3,(H,22,25). The number of aryl methyl sites for hydroxylation is 2. The van der Waals surface area contributed by atoms with Crippen molar-refractivity contribution in [3.8, 4) is 11.5 Å².